The largest absolute Gasteiger partial charge is 0.496 e. The minimum Gasteiger partial charge on any atom is -0.496 e. The molecule has 1 aromatic heterocycles. The van der Waals surface area contributed by atoms with Crippen LogP contribution in [-0.2, 0) is 11.2 Å². The van der Waals surface area contributed by atoms with Crippen LogP contribution in [0.25, 0.3) is 11.0 Å². The standard InChI is InChI=1S/C24H32N2O5/c1-15-18(24(28)31-21-12-17(29-2)11-20(30-3)23(15)21)13-22(27)25-14-16-7-6-10-26-9-5-4-8-19(16)26/h11-12,16,19H,4-10,13-14H2,1-3H3,(H,25,27)/t16-,19+/m1/s1. The Morgan fingerprint density at radius 1 is 1.16 bits per heavy atom. The van der Waals surface area contributed by atoms with Gasteiger partial charge in [0.2, 0.25) is 5.91 Å². The van der Waals surface area contributed by atoms with Crippen LogP contribution in [-0.4, -0.2) is 50.7 Å². The number of amides is 1. The first-order valence-electron chi connectivity index (χ1n) is 11.2. The summed E-state index contributed by atoms with van der Waals surface area (Å²) >= 11 is 0. The molecular formula is C24H32N2O5. The normalized spacial score (nSPS) is 21.5. The number of hydrogen-bond donors (Lipinski definition) is 1. The first kappa shape index (κ1) is 21.7. The van der Waals surface area contributed by atoms with Gasteiger partial charge in [-0.3, -0.25) is 4.79 Å². The molecule has 2 fully saturated rings. The van der Waals surface area contributed by atoms with E-state index in [-0.39, 0.29) is 12.3 Å². The number of aryl methyl sites for hydroxylation is 1. The molecule has 1 amide bonds. The molecule has 0 aliphatic carbocycles. The van der Waals surface area contributed by atoms with Crippen LogP contribution in [0.1, 0.15) is 43.2 Å². The van der Waals surface area contributed by atoms with Crippen molar-refractivity contribution in [3.8, 4) is 11.5 Å². The predicted octanol–water partition coefficient (Wildman–Crippen LogP) is 3.04. The number of benzene rings is 1. The molecule has 2 aliphatic rings. The SMILES string of the molecule is COc1cc(OC)c2c(C)c(CC(=O)NC[C@H]3CCCN4CCCC[C@@H]34)c(=O)oc2c1. The van der Waals surface area contributed by atoms with E-state index in [9.17, 15) is 9.59 Å². The lowest BCUT2D eigenvalue weighted by Gasteiger charge is -2.44. The van der Waals surface area contributed by atoms with Gasteiger partial charge in [0.15, 0.2) is 0 Å². The number of rotatable bonds is 6. The summed E-state index contributed by atoms with van der Waals surface area (Å²) < 4.78 is 16.3. The van der Waals surface area contributed by atoms with Crippen molar-refractivity contribution in [1.82, 2.24) is 10.2 Å². The molecule has 0 unspecified atom stereocenters. The van der Waals surface area contributed by atoms with Gasteiger partial charge in [-0.05, 0) is 57.2 Å². The minimum atomic E-state index is -0.494. The fourth-order valence-electron chi connectivity index (χ4n) is 5.25. The summed E-state index contributed by atoms with van der Waals surface area (Å²) in [6.07, 6.45) is 6.11. The molecule has 7 heteroatoms. The van der Waals surface area contributed by atoms with E-state index in [1.165, 1.54) is 38.8 Å². The van der Waals surface area contributed by atoms with Crippen molar-refractivity contribution in [3.05, 3.63) is 33.7 Å². The highest BCUT2D eigenvalue weighted by Crippen LogP contribution is 2.34. The summed E-state index contributed by atoms with van der Waals surface area (Å²) in [4.78, 5) is 28.0. The van der Waals surface area contributed by atoms with Crippen LogP contribution >= 0.6 is 0 Å². The number of piperidine rings is 2. The number of carbonyl (C=O) groups excluding carboxylic acids is 1. The molecule has 2 atom stereocenters. The molecule has 4 rings (SSSR count). The average molecular weight is 429 g/mol. The molecule has 0 radical (unpaired) electrons. The van der Waals surface area contributed by atoms with Gasteiger partial charge in [0, 0.05) is 24.7 Å². The molecule has 1 aromatic carbocycles. The summed E-state index contributed by atoms with van der Waals surface area (Å²) in [6, 6.07) is 3.99. The molecule has 2 aliphatic heterocycles. The van der Waals surface area contributed by atoms with E-state index in [2.05, 4.69) is 10.2 Å². The lowest BCUT2D eigenvalue weighted by atomic mass is 9.83. The Labute approximate surface area is 182 Å². The molecule has 2 aromatic rings. The van der Waals surface area contributed by atoms with E-state index >= 15 is 0 Å². The van der Waals surface area contributed by atoms with Gasteiger partial charge in [-0.2, -0.15) is 0 Å². The van der Waals surface area contributed by atoms with Crippen LogP contribution in [0.2, 0.25) is 0 Å². The Bertz CT molecular complexity index is 1010. The van der Waals surface area contributed by atoms with Gasteiger partial charge in [0.05, 0.1) is 31.6 Å². The number of carbonyl (C=O) groups is 1. The predicted molar refractivity (Wildman–Crippen MR) is 119 cm³/mol. The smallest absolute Gasteiger partial charge is 0.340 e. The van der Waals surface area contributed by atoms with Crippen molar-refractivity contribution in [2.75, 3.05) is 33.9 Å². The lowest BCUT2D eigenvalue weighted by molar-refractivity contribution is -0.120. The van der Waals surface area contributed by atoms with Gasteiger partial charge in [0.1, 0.15) is 17.1 Å². The molecule has 1 N–H and O–H groups in total. The number of hydrogen-bond acceptors (Lipinski definition) is 6. The number of nitrogens with one attached hydrogen (secondary N) is 1. The molecule has 0 spiro atoms. The molecule has 7 nitrogen and oxygen atoms in total. The van der Waals surface area contributed by atoms with Crippen molar-refractivity contribution in [2.45, 2.75) is 51.5 Å². The van der Waals surface area contributed by atoms with Crippen LogP contribution < -0.4 is 20.4 Å². The Balaban J connectivity index is 1.50. The maximum Gasteiger partial charge on any atom is 0.340 e. The fourth-order valence-corrected chi connectivity index (χ4v) is 5.25. The van der Waals surface area contributed by atoms with Gasteiger partial charge < -0.3 is 24.1 Å². The second-order valence-electron chi connectivity index (χ2n) is 8.68. The Hall–Kier alpha value is -2.54. The molecule has 3 heterocycles. The number of methoxy groups -OCH3 is 2. The van der Waals surface area contributed by atoms with E-state index in [4.69, 9.17) is 13.9 Å². The second kappa shape index (κ2) is 9.30. The average Bonchev–Trinajstić information content (AvgIpc) is 2.79. The first-order chi connectivity index (χ1) is 15.0. The zero-order valence-corrected chi connectivity index (χ0v) is 18.7. The van der Waals surface area contributed by atoms with Crippen LogP contribution in [0.3, 0.4) is 0 Å². The Morgan fingerprint density at radius 3 is 2.74 bits per heavy atom. The van der Waals surface area contributed by atoms with Gasteiger partial charge in [-0.25, -0.2) is 4.79 Å². The Morgan fingerprint density at radius 2 is 1.97 bits per heavy atom. The number of fused-ring (bicyclic) bond motifs is 2. The van der Waals surface area contributed by atoms with Crippen molar-refractivity contribution < 1.29 is 18.7 Å². The summed E-state index contributed by atoms with van der Waals surface area (Å²) in [7, 11) is 3.10. The van der Waals surface area contributed by atoms with E-state index in [1.54, 1.807) is 26.4 Å². The number of ether oxygens (including phenoxy) is 2. The topological polar surface area (TPSA) is 81.0 Å². The van der Waals surface area contributed by atoms with Gasteiger partial charge >= 0.3 is 5.63 Å². The Kier molecular flexibility index (Phi) is 6.51. The maximum atomic E-state index is 12.8. The monoisotopic (exact) mass is 428 g/mol. The van der Waals surface area contributed by atoms with E-state index in [0.29, 0.717) is 52.1 Å². The van der Waals surface area contributed by atoms with Crippen molar-refractivity contribution in [2.24, 2.45) is 5.92 Å². The van der Waals surface area contributed by atoms with Crippen molar-refractivity contribution >= 4 is 16.9 Å². The molecule has 31 heavy (non-hydrogen) atoms. The van der Waals surface area contributed by atoms with Gasteiger partial charge in [-0.15, -0.1) is 0 Å². The zero-order valence-electron chi connectivity index (χ0n) is 18.7. The van der Waals surface area contributed by atoms with E-state index < -0.39 is 5.63 Å². The highest BCUT2D eigenvalue weighted by Gasteiger charge is 2.33. The van der Waals surface area contributed by atoms with Crippen molar-refractivity contribution in [3.63, 3.8) is 0 Å². The third kappa shape index (κ3) is 4.42. The molecule has 2 saturated heterocycles. The highest BCUT2D eigenvalue weighted by molar-refractivity contribution is 5.90. The van der Waals surface area contributed by atoms with Gasteiger partial charge in [-0.1, -0.05) is 6.42 Å². The zero-order chi connectivity index (χ0) is 22.0. The summed E-state index contributed by atoms with van der Waals surface area (Å²) in [5, 5.41) is 3.78. The van der Waals surface area contributed by atoms with Gasteiger partial charge in [0.25, 0.3) is 0 Å². The highest BCUT2D eigenvalue weighted by atomic mass is 16.5. The lowest BCUT2D eigenvalue weighted by Crippen LogP contribution is -2.51. The molecule has 0 bridgehead atoms. The number of nitrogens with zero attached hydrogens (tertiary/aromatic N) is 1. The third-order valence-electron chi connectivity index (χ3n) is 6.90. The van der Waals surface area contributed by atoms with E-state index in [0.717, 1.165) is 6.42 Å². The summed E-state index contributed by atoms with van der Waals surface area (Å²) in [5.74, 6) is 1.44. The van der Waals surface area contributed by atoms with E-state index in [1.807, 2.05) is 6.92 Å². The molecular weight excluding hydrogens is 396 g/mol. The fraction of sp³-hybridized carbons (Fsp3) is 0.583. The first-order valence-corrected chi connectivity index (χ1v) is 11.2. The maximum absolute atomic E-state index is 12.8. The van der Waals surface area contributed by atoms with Crippen LogP contribution in [0.5, 0.6) is 11.5 Å². The minimum absolute atomic E-state index is 0.000388. The molecule has 0 saturated carbocycles. The summed E-state index contributed by atoms with van der Waals surface area (Å²) in [5.41, 5.74) is 0.975. The summed E-state index contributed by atoms with van der Waals surface area (Å²) in [6.45, 7) is 4.86. The third-order valence-corrected chi connectivity index (χ3v) is 6.90. The second-order valence-corrected chi connectivity index (χ2v) is 8.68. The van der Waals surface area contributed by atoms with Crippen LogP contribution in [0, 0.1) is 12.8 Å². The van der Waals surface area contributed by atoms with Crippen LogP contribution in [0.15, 0.2) is 21.3 Å². The molecule has 168 valence electrons. The quantitative estimate of drug-likeness (QED) is 0.713. The van der Waals surface area contributed by atoms with Crippen LogP contribution in [0.4, 0.5) is 0 Å². The van der Waals surface area contributed by atoms with Crippen molar-refractivity contribution in [1.29, 1.82) is 0 Å².